The molecule has 1 rings (SSSR count). The first-order valence-corrected chi connectivity index (χ1v) is 5.39. The van der Waals surface area contributed by atoms with Crippen LogP contribution in [0.3, 0.4) is 0 Å². The Balaban J connectivity index is 2.67. The van der Waals surface area contributed by atoms with Crippen LogP contribution in [0.4, 0.5) is 0 Å². The van der Waals surface area contributed by atoms with Crippen molar-refractivity contribution in [3.8, 4) is 0 Å². The second-order valence-electron chi connectivity index (χ2n) is 3.61. The van der Waals surface area contributed by atoms with Crippen LogP contribution < -0.4 is 5.32 Å². The van der Waals surface area contributed by atoms with Crippen molar-refractivity contribution in [3.05, 3.63) is 24.3 Å². The summed E-state index contributed by atoms with van der Waals surface area (Å²) >= 11 is 0. The number of aliphatic carboxylic acids is 1. The predicted octanol–water partition coefficient (Wildman–Crippen LogP) is 1.21. The van der Waals surface area contributed by atoms with Gasteiger partial charge in [0.1, 0.15) is 11.4 Å². The molecule has 0 aliphatic heterocycles. The van der Waals surface area contributed by atoms with Gasteiger partial charge in [0.05, 0.1) is 6.54 Å². The second kappa shape index (κ2) is 5.55. The lowest BCUT2D eigenvalue weighted by Gasteiger charge is -2.27. The SMILES string of the molecule is CCC(CC)(NCc1ncccn1)C(=O)O. The van der Waals surface area contributed by atoms with Crippen molar-refractivity contribution in [3.63, 3.8) is 0 Å². The minimum absolute atomic E-state index is 0.370. The zero-order valence-corrected chi connectivity index (χ0v) is 9.60. The molecule has 16 heavy (non-hydrogen) atoms. The number of nitrogens with zero attached hydrogens (tertiary/aromatic N) is 2. The van der Waals surface area contributed by atoms with Gasteiger partial charge in [-0.2, -0.15) is 0 Å². The fraction of sp³-hybridized carbons (Fsp3) is 0.545. The third-order valence-corrected chi connectivity index (χ3v) is 2.82. The summed E-state index contributed by atoms with van der Waals surface area (Å²) in [5, 5.41) is 12.2. The molecule has 5 heteroatoms. The number of aromatic nitrogens is 2. The third kappa shape index (κ3) is 2.76. The van der Waals surface area contributed by atoms with E-state index in [9.17, 15) is 9.90 Å². The quantitative estimate of drug-likeness (QED) is 0.758. The normalized spacial score (nSPS) is 11.4. The van der Waals surface area contributed by atoms with Gasteiger partial charge in [0.15, 0.2) is 0 Å². The molecule has 2 N–H and O–H groups in total. The molecule has 0 fully saturated rings. The molecule has 0 aliphatic rings. The van der Waals surface area contributed by atoms with E-state index in [1.165, 1.54) is 0 Å². The molecule has 0 aromatic carbocycles. The van der Waals surface area contributed by atoms with Gasteiger partial charge in [0.25, 0.3) is 0 Å². The fourth-order valence-electron chi connectivity index (χ4n) is 1.55. The molecule has 1 aromatic rings. The Morgan fingerprint density at radius 3 is 2.38 bits per heavy atom. The number of carboxylic acids is 1. The van der Waals surface area contributed by atoms with E-state index in [2.05, 4.69) is 15.3 Å². The van der Waals surface area contributed by atoms with Crippen LogP contribution in [0.15, 0.2) is 18.5 Å². The van der Waals surface area contributed by atoms with E-state index in [0.29, 0.717) is 25.2 Å². The first-order chi connectivity index (χ1) is 7.64. The third-order valence-electron chi connectivity index (χ3n) is 2.82. The van der Waals surface area contributed by atoms with Gasteiger partial charge in [0, 0.05) is 12.4 Å². The summed E-state index contributed by atoms with van der Waals surface area (Å²) in [5.41, 5.74) is -0.876. The predicted molar refractivity (Wildman–Crippen MR) is 59.8 cm³/mol. The average Bonchev–Trinajstić information content (AvgIpc) is 2.32. The van der Waals surface area contributed by atoms with Gasteiger partial charge in [-0.3, -0.25) is 10.1 Å². The Labute approximate surface area is 94.9 Å². The van der Waals surface area contributed by atoms with Crippen LogP contribution in [0.2, 0.25) is 0 Å². The van der Waals surface area contributed by atoms with Crippen LogP contribution in [-0.2, 0) is 11.3 Å². The van der Waals surface area contributed by atoms with E-state index >= 15 is 0 Å². The zero-order chi connectivity index (χ0) is 12.0. The van der Waals surface area contributed by atoms with E-state index in [1.807, 2.05) is 13.8 Å². The van der Waals surface area contributed by atoms with Gasteiger partial charge in [-0.05, 0) is 18.9 Å². The van der Waals surface area contributed by atoms with Crippen LogP contribution in [-0.4, -0.2) is 26.6 Å². The maximum atomic E-state index is 11.2. The Morgan fingerprint density at radius 2 is 1.94 bits per heavy atom. The van der Waals surface area contributed by atoms with Crippen molar-refractivity contribution in [2.75, 3.05) is 0 Å². The summed E-state index contributed by atoms with van der Waals surface area (Å²) in [6, 6.07) is 1.73. The van der Waals surface area contributed by atoms with Crippen molar-refractivity contribution in [1.82, 2.24) is 15.3 Å². The lowest BCUT2D eigenvalue weighted by molar-refractivity contribution is -0.145. The van der Waals surface area contributed by atoms with Crippen molar-refractivity contribution in [2.45, 2.75) is 38.8 Å². The van der Waals surface area contributed by atoms with Crippen molar-refractivity contribution < 1.29 is 9.90 Å². The largest absolute Gasteiger partial charge is 0.480 e. The van der Waals surface area contributed by atoms with E-state index in [-0.39, 0.29) is 0 Å². The lowest BCUT2D eigenvalue weighted by atomic mass is 9.93. The number of nitrogens with one attached hydrogen (secondary N) is 1. The van der Waals surface area contributed by atoms with Gasteiger partial charge < -0.3 is 5.11 Å². The number of carbonyl (C=O) groups is 1. The molecule has 5 nitrogen and oxygen atoms in total. The molecular weight excluding hydrogens is 206 g/mol. The summed E-state index contributed by atoms with van der Waals surface area (Å²) in [5.74, 6) is -0.219. The highest BCUT2D eigenvalue weighted by molar-refractivity contribution is 5.78. The van der Waals surface area contributed by atoms with E-state index in [1.54, 1.807) is 18.5 Å². The van der Waals surface area contributed by atoms with Gasteiger partial charge >= 0.3 is 5.97 Å². The summed E-state index contributed by atoms with van der Waals surface area (Å²) in [6.07, 6.45) is 4.35. The molecular formula is C11H17N3O2. The van der Waals surface area contributed by atoms with Crippen LogP contribution in [0, 0.1) is 0 Å². The molecule has 0 atom stereocenters. The molecule has 0 saturated carbocycles. The summed E-state index contributed by atoms with van der Waals surface area (Å²) in [4.78, 5) is 19.3. The smallest absolute Gasteiger partial charge is 0.323 e. The average molecular weight is 223 g/mol. The second-order valence-corrected chi connectivity index (χ2v) is 3.61. The summed E-state index contributed by atoms with van der Waals surface area (Å²) in [6.45, 7) is 4.09. The van der Waals surface area contributed by atoms with Gasteiger partial charge in [-0.1, -0.05) is 13.8 Å². The highest BCUT2D eigenvalue weighted by Crippen LogP contribution is 2.15. The fourth-order valence-corrected chi connectivity index (χ4v) is 1.55. The molecule has 0 amide bonds. The highest BCUT2D eigenvalue weighted by atomic mass is 16.4. The maximum absolute atomic E-state index is 11.2. The van der Waals surface area contributed by atoms with Crippen LogP contribution in [0.1, 0.15) is 32.5 Å². The van der Waals surface area contributed by atoms with Crippen molar-refractivity contribution in [2.24, 2.45) is 0 Å². The number of carboxylic acid groups (broad SMARTS) is 1. The maximum Gasteiger partial charge on any atom is 0.323 e. The van der Waals surface area contributed by atoms with Crippen molar-refractivity contribution in [1.29, 1.82) is 0 Å². The first-order valence-electron chi connectivity index (χ1n) is 5.39. The minimum atomic E-state index is -0.876. The zero-order valence-electron chi connectivity index (χ0n) is 9.60. The molecule has 1 heterocycles. The molecule has 0 unspecified atom stereocenters. The first kappa shape index (κ1) is 12.6. The molecule has 0 bridgehead atoms. The number of hydrogen-bond donors (Lipinski definition) is 2. The summed E-state index contributed by atoms with van der Waals surface area (Å²) < 4.78 is 0. The van der Waals surface area contributed by atoms with Gasteiger partial charge in [-0.15, -0.1) is 0 Å². The van der Waals surface area contributed by atoms with Crippen molar-refractivity contribution >= 4 is 5.97 Å². The monoisotopic (exact) mass is 223 g/mol. The Bertz CT molecular complexity index is 336. The van der Waals surface area contributed by atoms with Gasteiger partial charge in [0.2, 0.25) is 0 Å². The molecule has 88 valence electrons. The number of rotatable bonds is 6. The van der Waals surface area contributed by atoms with Crippen LogP contribution in [0.5, 0.6) is 0 Å². The standard InChI is InChI=1S/C11H17N3O2/c1-3-11(4-2,10(15)16)14-8-9-12-6-5-7-13-9/h5-7,14H,3-4,8H2,1-2H3,(H,15,16). The Kier molecular flexibility index (Phi) is 4.37. The van der Waals surface area contributed by atoms with Crippen LogP contribution in [0.25, 0.3) is 0 Å². The molecule has 0 spiro atoms. The summed E-state index contributed by atoms with van der Waals surface area (Å²) in [7, 11) is 0. The van der Waals surface area contributed by atoms with E-state index < -0.39 is 11.5 Å². The Morgan fingerprint density at radius 1 is 1.38 bits per heavy atom. The molecule has 0 saturated heterocycles. The molecule has 1 aromatic heterocycles. The Hall–Kier alpha value is -1.49. The highest BCUT2D eigenvalue weighted by Gasteiger charge is 2.34. The molecule has 0 radical (unpaired) electrons. The van der Waals surface area contributed by atoms with E-state index in [0.717, 1.165) is 0 Å². The lowest BCUT2D eigenvalue weighted by Crippen LogP contribution is -2.50. The topological polar surface area (TPSA) is 75.1 Å². The van der Waals surface area contributed by atoms with E-state index in [4.69, 9.17) is 0 Å². The van der Waals surface area contributed by atoms with Crippen LogP contribution >= 0.6 is 0 Å². The minimum Gasteiger partial charge on any atom is -0.480 e. The van der Waals surface area contributed by atoms with Gasteiger partial charge in [-0.25, -0.2) is 9.97 Å². The molecule has 0 aliphatic carbocycles. The number of hydrogen-bond acceptors (Lipinski definition) is 4.